The Morgan fingerprint density at radius 1 is 1.21 bits per heavy atom. The molecule has 0 fully saturated rings. The molecule has 96 valence electrons. The Morgan fingerprint density at radius 2 is 2.11 bits per heavy atom. The lowest BCUT2D eigenvalue weighted by molar-refractivity contribution is 0.518. The lowest BCUT2D eigenvalue weighted by Crippen LogP contribution is -2.01. The van der Waals surface area contributed by atoms with Crippen molar-refractivity contribution < 1.29 is 8.83 Å². The zero-order valence-corrected chi connectivity index (χ0v) is 10.5. The fraction of sp³-hybridized carbons (Fsp3) is 0.133. The monoisotopic (exact) mass is 255 g/mol. The summed E-state index contributed by atoms with van der Waals surface area (Å²) in [6.45, 7) is 2.59. The minimum absolute atomic E-state index is 0.330. The number of benzene rings is 1. The van der Waals surface area contributed by atoms with E-state index < -0.39 is 0 Å². The van der Waals surface area contributed by atoms with Gasteiger partial charge in [0.2, 0.25) is 0 Å². The van der Waals surface area contributed by atoms with E-state index in [4.69, 9.17) is 8.83 Å². The smallest absolute Gasteiger partial charge is 0.336 e. The van der Waals surface area contributed by atoms with Crippen molar-refractivity contribution in [1.82, 2.24) is 0 Å². The van der Waals surface area contributed by atoms with Gasteiger partial charge in [-0.05, 0) is 42.8 Å². The van der Waals surface area contributed by atoms with Gasteiger partial charge in [0.05, 0.1) is 12.8 Å². The Balaban J connectivity index is 1.93. The SMILES string of the molecule is Cc1cc2oc(=O)ccc2cc1NCc1ccco1. The second-order valence-electron chi connectivity index (χ2n) is 4.39. The van der Waals surface area contributed by atoms with Crippen LogP contribution < -0.4 is 10.9 Å². The first kappa shape index (κ1) is 11.6. The van der Waals surface area contributed by atoms with Crippen molar-refractivity contribution in [2.45, 2.75) is 13.5 Å². The first-order valence-electron chi connectivity index (χ1n) is 6.03. The third-order valence-corrected chi connectivity index (χ3v) is 3.00. The molecule has 0 aliphatic carbocycles. The van der Waals surface area contributed by atoms with Gasteiger partial charge < -0.3 is 14.2 Å². The molecule has 0 saturated heterocycles. The highest BCUT2D eigenvalue weighted by molar-refractivity contribution is 5.82. The van der Waals surface area contributed by atoms with E-state index in [0.29, 0.717) is 12.1 Å². The summed E-state index contributed by atoms with van der Waals surface area (Å²) >= 11 is 0. The van der Waals surface area contributed by atoms with Crippen LogP contribution in [0.2, 0.25) is 0 Å². The van der Waals surface area contributed by atoms with Crippen LogP contribution in [0.15, 0.2) is 56.3 Å². The van der Waals surface area contributed by atoms with Crippen LogP contribution in [0.25, 0.3) is 11.0 Å². The summed E-state index contributed by atoms with van der Waals surface area (Å²) in [5, 5.41) is 4.20. The molecule has 0 saturated carbocycles. The van der Waals surface area contributed by atoms with E-state index >= 15 is 0 Å². The molecule has 0 bridgehead atoms. The van der Waals surface area contributed by atoms with Gasteiger partial charge in [0.1, 0.15) is 11.3 Å². The van der Waals surface area contributed by atoms with Gasteiger partial charge in [-0.1, -0.05) is 0 Å². The van der Waals surface area contributed by atoms with Gasteiger partial charge >= 0.3 is 5.63 Å². The largest absolute Gasteiger partial charge is 0.467 e. The summed E-state index contributed by atoms with van der Waals surface area (Å²) in [6.07, 6.45) is 1.65. The summed E-state index contributed by atoms with van der Waals surface area (Å²) in [5.74, 6) is 0.874. The third kappa shape index (κ3) is 2.38. The number of aryl methyl sites for hydroxylation is 1. The summed E-state index contributed by atoms with van der Waals surface area (Å²) in [6, 6.07) is 10.8. The number of rotatable bonds is 3. The molecular weight excluding hydrogens is 242 g/mol. The number of hydrogen-bond acceptors (Lipinski definition) is 4. The maximum atomic E-state index is 11.2. The lowest BCUT2D eigenvalue weighted by atomic mass is 10.1. The van der Waals surface area contributed by atoms with Crippen molar-refractivity contribution in [3.63, 3.8) is 0 Å². The van der Waals surface area contributed by atoms with Crippen molar-refractivity contribution in [2.75, 3.05) is 5.32 Å². The van der Waals surface area contributed by atoms with Crippen LogP contribution >= 0.6 is 0 Å². The normalized spacial score (nSPS) is 10.8. The lowest BCUT2D eigenvalue weighted by Gasteiger charge is -2.09. The Morgan fingerprint density at radius 3 is 2.89 bits per heavy atom. The highest BCUT2D eigenvalue weighted by Crippen LogP contribution is 2.23. The molecule has 4 heteroatoms. The molecule has 3 rings (SSSR count). The van der Waals surface area contributed by atoms with Crippen molar-refractivity contribution in [1.29, 1.82) is 0 Å². The van der Waals surface area contributed by atoms with Gasteiger partial charge in [-0.2, -0.15) is 0 Å². The molecule has 2 heterocycles. The fourth-order valence-corrected chi connectivity index (χ4v) is 2.00. The van der Waals surface area contributed by atoms with Crippen LogP contribution in [0.4, 0.5) is 5.69 Å². The fourth-order valence-electron chi connectivity index (χ4n) is 2.00. The maximum absolute atomic E-state index is 11.2. The highest BCUT2D eigenvalue weighted by Gasteiger charge is 2.04. The molecule has 1 N–H and O–H groups in total. The van der Waals surface area contributed by atoms with Crippen LogP contribution in [0.5, 0.6) is 0 Å². The molecule has 0 radical (unpaired) electrons. The number of fused-ring (bicyclic) bond motifs is 1. The van der Waals surface area contributed by atoms with Gasteiger partial charge in [0.25, 0.3) is 0 Å². The molecule has 0 unspecified atom stereocenters. The average molecular weight is 255 g/mol. The Bertz CT molecular complexity index is 757. The summed E-state index contributed by atoms with van der Waals surface area (Å²) in [4.78, 5) is 11.2. The number of hydrogen-bond donors (Lipinski definition) is 1. The van der Waals surface area contributed by atoms with Gasteiger partial charge in [-0.25, -0.2) is 4.79 Å². The van der Waals surface area contributed by atoms with Crippen LogP contribution in [0, 0.1) is 6.92 Å². The zero-order valence-electron chi connectivity index (χ0n) is 10.5. The molecule has 1 aromatic carbocycles. The first-order chi connectivity index (χ1) is 9.22. The molecule has 0 aliphatic heterocycles. The predicted molar refractivity (Wildman–Crippen MR) is 73.3 cm³/mol. The molecule has 0 aliphatic rings. The molecule has 4 nitrogen and oxygen atoms in total. The number of anilines is 1. The van der Waals surface area contributed by atoms with Crippen molar-refractivity contribution in [2.24, 2.45) is 0 Å². The molecule has 0 amide bonds. The molecule has 19 heavy (non-hydrogen) atoms. The van der Waals surface area contributed by atoms with E-state index in [1.165, 1.54) is 6.07 Å². The van der Waals surface area contributed by atoms with Gasteiger partial charge in [-0.3, -0.25) is 0 Å². The van der Waals surface area contributed by atoms with Gasteiger partial charge in [0.15, 0.2) is 0 Å². The average Bonchev–Trinajstić information content (AvgIpc) is 2.89. The van der Waals surface area contributed by atoms with Crippen LogP contribution in [-0.2, 0) is 6.54 Å². The first-order valence-corrected chi connectivity index (χ1v) is 6.03. The third-order valence-electron chi connectivity index (χ3n) is 3.00. The molecule has 3 aromatic rings. The van der Waals surface area contributed by atoms with Crippen molar-refractivity contribution in [3.8, 4) is 0 Å². The summed E-state index contributed by atoms with van der Waals surface area (Å²) < 4.78 is 10.4. The standard InChI is InChI=1S/C15H13NO3/c1-10-7-14-11(4-5-15(17)19-14)8-13(10)16-9-12-3-2-6-18-12/h2-8,16H,9H2,1H3. The zero-order chi connectivity index (χ0) is 13.2. The highest BCUT2D eigenvalue weighted by atomic mass is 16.4. The Labute approximate surface area is 109 Å². The quantitative estimate of drug-likeness (QED) is 0.729. The van der Waals surface area contributed by atoms with E-state index in [9.17, 15) is 4.79 Å². The van der Waals surface area contributed by atoms with Crippen molar-refractivity contribution in [3.05, 3.63) is 64.4 Å². The van der Waals surface area contributed by atoms with Crippen LogP contribution in [0.1, 0.15) is 11.3 Å². The molecule has 0 spiro atoms. The molecular formula is C15H13NO3. The maximum Gasteiger partial charge on any atom is 0.336 e. The minimum atomic E-state index is -0.330. The second-order valence-corrected chi connectivity index (χ2v) is 4.39. The summed E-state index contributed by atoms with van der Waals surface area (Å²) in [7, 11) is 0. The van der Waals surface area contributed by atoms with E-state index in [1.807, 2.05) is 31.2 Å². The van der Waals surface area contributed by atoms with Crippen LogP contribution in [0.3, 0.4) is 0 Å². The predicted octanol–water partition coefficient (Wildman–Crippen LogP) is 3.31. The van der Waals surface area contributed by atoms with Crippen LogP contribution in [-0.4, -0.2) is 0 Å². The number of furan rings is 1. The van der Waals surface area contributed by atoms with Gasteiger partial charge in [-0.15, -0.1) is 0 Å². The number of nitrogens with one attached hydrogen (secondary N) is 1. The molecule has 2 aromatic heterocycles. The van der Waals surface area contributed by atoms with E-state index in [2.05, 4.69) is 5.32 Å². The Kier molecular flexibility index (Phi) is 2.83. The molecule has 0 atom stereocenters. The van der Waals surface area contributed by atoms with E-state index in [1.54, 1.807) is 12.3 Å². The summed E-state index contributed by atoms with van der Waals surface area (Å²) in [5.41, 5.74) is 2.29. The topological polar surface area (TPSA) is 55.4 Å². The minimum Gasteiger partial charge on any atom is -0.467 e. The van der Waals surface area contributed by atoms with Crippen molar-refractivity contribution >= 4 is 16.7 Å². The second kappa shape index (κ2) is 4.65. The van der Waals surface area contributed by atoms with E-state index in [-0.39, 0.29) is 5.63 Å². The van der Waals surface area contributed by atoms with E-state index in [0.717, 1.165) is 22.4 Å². The Hall–Kier alpha value is -2.49. The van der Waals surface area contributed by atoms with Gasteiger partial charge in [0, 0.05) is 17.1 Å².